The van der Waals surface area contributed by atoms with E-state index in [1.807, 2.05) is 18.3 Å². The molecule has 2 heterocycles. The molecule has 20 heavy (non-hydrogen) atoms. The maximum atomic E-state index is 5.45. The van der Waals surface area contributed by atoms with E-state index in [-0.39, 0.29) is 0 Å². The van der Waals surface area contributed by atoms with Gasteiger partial charge < -0.3 is 0 Å². The molecule has 106 valence electrons. The molecule has 2 aromatic rings. The highest BCUT2D eigenvalue weighted by Crippen LogP contribution is 2.36. The number of nitrogens with zero attached hydrogens (tertiary/aromatic N) is 3. The molecule has 1 aliphatic rings. The van der Waals surface area contributed by atoms with Gasteiger partial charge in [-0.1, -0.05) is 26.2 Å². The molecule has 0 radical (unpaired) electrons. The first-order valence-corrected chi connectivity index (χ1v) is 7.77. The molecule has 0 spiro atoms. The third kappa shape index (κ3) is 2.54. The Labute approximate surface area is 124 Å². The molecule has 2 unspecified atom stereocenters. The lowest BCUT2D eigenvalue weighted by Crippen LogP contribution is -2.19. The Morgan fingerprint density at radius 1 is 1.45 bits per heavy atom. The molecule has 1 N–H and O–H groups in total. The summed E-state index contributed by atoms with van der Waals surface area (Å²) < 4.78 is 2.93. The van der Waals surface area contributed by atoms with Crippen LogP contribution in [-0.2, 0) is 0 Å². The van der Waals surface area contributed by atoms with E-state index in [2.05, 4.69) is 26.7 Å². The van der Waals surface area contributed by atoms with Gasteiger partial charge in [-0.3, -0.25) is 14.6 Å². The van der Waals surface area contributed by atoms with Crippen LogP contribution < -0.4 is 0 Å². The standard InChI is InChI=1S/C15H20N4S/c1-2-11-5-3-7-13(9-11)19-14(17-18-15(19)20)12-6-4-8-16-10-12/h4,6,8,10-11,13H,2-3,5,7,9H2,1H3,(H,18,20). The van der Waals surface area contributed by atoms with Crippen molar-refractivity contribution in [1.82, 2.24) is 19.7 Å². The van der Waals surface area contributed by atoms with Crippen LogP contribution in [0.4, 0.5) is 0 Å². The van der Waals surface area contributed by atoms with Crippen molar-refractivity contribution in [2.75, 3.05) is 0 Å². The minimum Gasteiger partial charge on any atom is -0.297 e. The normalized spacial score (nSPS) is 22.9. The molecule has 4 nitrogen and oxygen atoms in total. The largest absolute Gasteiger partial charge is 0.297 e. The second kappa shape index (κ2) is 5.87. The fourth-order valence-corrected chi connectivity index (χ4v) is 3.49. The van der Waals surface area contributed by atoms with Crippen LogP contribution in [0.15, 0.2) is 24.5 Å². The second-order valence-electron chi connectivity index (χ2n) is 5.56. The zero-order valence-electron chi connectivity index (χ0n) is 11.7. The first-order chi connectivity index (χ1) is 9.79. The predicted octanol–water partition coefficient (Wildman–Crippen LogP) is 4.14. The summed E-state index contributed by atoms with van der Waals surface area (Å²) in [4.78, 5) is 4.19. The average Bonchev–Trinajstić information content (AvgIpc) is 2.90. The summed E-state index contributed by atoms with van der Waals surface area (Å²) in [6.45, 7) is 2.28. The minimum atomic E-state index is 0.468. The van der Waals surface area contributed by atoms with E-state index < -0.39 is 0 Å². The average molecular weight is 288 g/mol. The van der Waals surface area contributed by atoms with Crippen LogP contribution in [0.2, 0.25) is 0 Å². The number of aromatic nitrogens is 4. The van der Waals surface area contributed by atoms with Crippen LogP contribution in [-0.4, -0.2) is 19.7 Å². The molecule has 0 bridgehead atoms. The minimum absolute atomic E-state index is 0.468. The number of nitrogens with one attached hydrogen (secondary N) is 1. The highest BCUT2D eigenvalue weighted by atomic mass is 32.1. The van der Waals surface area contributed by atoms with Gasteiger partial charge in [0.25, 0.3) is 0 Å². The van der Waals surface area contributed by atoms with Crippen molar-refractivity contribution in [3.8, 4) is 11.4 Å². The molecule has 5 heteroatoms. The smallest absolute Gasteiger partial charge is 0.195 e. The van der Waals surface area contributed by atoms with E-state index in [0.717, 1.165) is 22.1 Å². The molecule has 2 atom stereocenters. The summed E-state index contributed by atoms with van der Waals surface area (Å²) in [6.07, 6.45) is 9.91. The van der Waals surface area contributed by atoms with Crippen molar-refractivity contribution in [1.29, 1.82) is 0 Å². The third-order valence-electron chi connectivity index (χ3n) is 4.32. The van der Waals surface area contributed by atoms with E-state index in [4.69, 9.17) is 12.2 Å². The van der Waals surface area contributed by atoms with E-state index in [9.17, 15) is 0 Å². The quantitative estimate of drug-likeness (QED) is 0.863. The number of rotatable bonds is 3. The number of H-pyrrole nitrogens is 1. The van der Waals surface area contributed by atoms with Gasteiger partial charge in [-0.2, -0.15) is 5.10 Å². The Balaban J connectivity index is 1.97. The molecule has 0 saturated heterocycles. The molecule has 1 saturated carbocycles. The lowest BCUT2D eigenvalue weighted by molar-refractivity contribution is 0.261. The SMILES string of the molecule is CCC1CCCC(n2c(-c3cccnc3)n[nH]c2=S)C1. The van der Waals surface area contributed by atoms with Crippen LogP contribution in [0.3, 0.4) is 0 Å². The first-order valence-electron chi connectivity index (χ1n) is 7.37. The van der Waals surface area contributed by atoms with Crippen molar-refractivity contribution in [2.24, 2.45) is 5.92 Å². The van der Waals surface area contributed by atoms with Gasteiger partial charge in [0, 0.05) is 24.0 Å². The van der Waals surface area contributed by atoms with Crippen molar-refractivity contribution < 1.29 is 0 Å². The molecule has 3 rings (SSSR count). The molecule has 1 fully saturated rings. The molecular formula is C15H20N4S. The summed E-state index contributed by atoms with van der Waals surface area (Å²) in [6, 6.07) is 4.44. The van der Waals surface area contributed by atoms with Gasteiger partial charge >= 0.3 is 0 Å². The van der Waals surface area contributed by atoms with Crippen LogP contribution in [0.25, 0.3) is 11.4 Å². The predicted molar refractivity (Wildman–Crippen MR) is 81.9 cm³/mol. The van der Waals surface area contributed by atoms with E-state index in [0.29, 0.717) is 6.04 Å². The molecule has 0 amide bonds. The first kappa shape index (κ1) is 13.5. The van der Waals surface area contributed by atoms with E-state index in [1.165, 1.54) is 32.1 Å². The Hall–Kier alpha value is -1.49. The van der Waals surface area contributed by atoms with Crippen molar-refractivity contribution >= 4 is 12.2 Å². The van der Waals surface area contributed by atoms with E-state index in [1.54, 1.807) is 6.20 Å². The summed E-state index contributed by atoms with van der Waals surface area (Å²) in [5.74, 6) is 1.73. The van der Waals surface area contributed by atoms with Gasteiger partial charge in [-0.05, 0) is 43.1 Å². The summed E-state index contributed by atoms with van der Waals surface area (Å²) in [5, 5.41) is 7.37. The summed E-state index contributed by atoms with van der Waals surface area (Å²) in [7, 11) is 0. The Bertz CT molecular complexity index is 616. The molecule has 0 aromatic carbocycles. The highest BCUT2D eigenvalue weighted by Gasteiger charge is 2.25. The molecule has 0 aliphatic heterocycles. The van der Waals surface area contributed by atoms with Gasteiger partial charge in [0.15, 0.2) is 10.6 Å². The van der Waals surface area contributed by atoms with Crippen molar-refractivity contribution in [2.45, 2.75) is 45.1 Å². The summed E-state index contributed by atoms with van der Waals surface area (Å²) in [5.41, 5.74) is 1.03. The van der Waals surface area contributed by atoms with Gasteiger partial charge in [0.1, 0.15) is 0 Å². The fraction of sp³-hybridized carbons (Fsp3) is 0.533. The van der Waals surface area contributed by atoms with Crippen molar-refractivity contribution in [3.05, 3.63) is 29.3 Å². The van der Waals surface area contributed by atoms with Gasteiger partial charge in [0.05, 0.1) is 0 Å². The summed E-state index contributed by atoms with van der Waals surface area (Å²) >= 11 is 5.45. The maximum Gasteiger partial charge on any atom is 0.195 e. The Kier molecular flexibility index (Phi) is 3.96. The zero-order chi connectivity index (χ0) is 13.9. The molecule has 1 aliphatic carbocycles. The number of hydrogen-bond acceptors (Lipinski definition) is 3. The second-order valence-corrected chi connectivity index (χ2v) is 5.95. The Morgan fingerprint density at radius 2 is 2.35 bits per heavy atom. The monoisotopic (exact) mass is 288 g/mol. The maximum absolute atomic E-state index is 5.45. The molecular weight excluding hydrogens is 268 g/mol. The fourth-order valence-electron chi connectivity index (χ4n) is 3.21. The number of pyridine rings is 1. The lowest BCUT2D eigenvalue weighted by Gasteiger charge is -2.30. The van der Waals surface area contributed by atoms with Gasteiger partial charge in [-0.15, -0.1) is 0 Å². The van der Waals surface area contributed by atoms with Crippen molar-refractivity contribution in [3.63, 3.8) is 0 Å². The number of hydrogen-bond donors (Lipinski definition) is 1. The van der Waals surface area contributed by atoms with Crippen LogP contribution in [0.1, 0.15) is 45.1 Å². The van der Waals surface area contributed by atoms with Crippen LogP contribution >= 0.6 is 12.2 Å². The van der Waals surface area contributed by atoms with Gasteiger partial charge in [0.2, 0.25) is 0 Å². The Morgan fingerprint density at radius 3 is 3.10 bits per heavy atom. The lowest BCUT2D eigenvalue weighted by atomic mass is 9.84. The molecule has 2 aromatic heterocycles. The highest BCUT2D eigenvalue weighted by molar-refractivity contribution is 7.71. The van der Waals surface area contributed by atoms with Crippen LogP contribution in [0, 0.1) is 10.7 Å². The topological polar surface area (TPSA) is 46.5 Å². The number of aromatic amines is 1. The van der Waals surface area contributed by atoms with E-state index >= 15 is 0 Å². The van der Waals surface area contributed by atoms with Crippen LogP contribution in [0.5, 0.6) is 0 Å². The van der Waals surface area contributed by atoms with Gasteiger partial charge in [-0.25, -0.2) is 0 Å². The third-order valence-corrected chi connectivity index (χ3v) is 4.61. The zero-order valence-corrected chi connectivity index (χ0v) is 12.6.